The largest absolute Gasteiger partial charge is 0.493 e. The Morgan fingerprint density at radius 2 is 1.63 bits per heavy atom. The van der Waals surface area contributed by atoms with E-state index in [1.807, 2.05) is 63.2 Å². The van der Waals surface area contributed by atoms with Crippen LogP contribution < -0.4 is 19.5 Å². The molecule has 0 saturated carbocycles. The van der Waals surface area contributed by atoms with Crippen molar-refractivity contribution in [2.75, 3.05) is 14.2 Å². The Morgan fingerprint density at radius 3 is 2.19 bits per heavy atom. The third-order valence-corrected chi connectivity index (χ3v) is 4.50. The van der Waals surface area contributed by atoms with Gasteiger partial charge in [0.2, 0.25) is 0 Å². The number of carbonyl (C=O) groups is 1. The van der Waals surface area contributed by atoms with Crippen LogP contribution in [-0.4, -0.2) is 26.2 Å². The van der Waals surface area contributed by atoms with Crippen molar-refractivity contribution in [3.63, 3.8) is 0 Å². The lowest BCUT2D eigenvalue weighted by Crippen LogP contribution is -2.39. The summed E-state index contributed by atoms with van der Waals surface area (Å²) in [7, 11) is 3.20. The van der Waals surface area contributed by atoms with Crippen LogP contribution in [0.15, 0.2) is 42.5 Å². The van der Waals surface area contributed by atoms with Gasteiger partial charge in [-0.3, -0.25) is 4.79 Å². The monoisotopic (exact) mass is 371 g/mol. The zero-order valence-corrected chi connectivity index (χ0v) is 16.7. The first-order valence-electron chi connectivity index (χ1n) is 9.27. The molecule has 1 amide bonds. The smallest absolute Gasteiger partial charge is 0.261 e. The van der Waals surface area contributed by atoms with Crippen molar-refractivity contribution < 1.29 is 19.0 Å². The first-order chi connectivity index (χ1) is 13.0. The average Bonchev–Trinajstić information content (AvgIpc) is 2.70. The summed E-state index contributed by atoms with van der Waals surface area (Å²) in [5.74, 6) is 1.88. The number of aryl methyl sites for hydroxylation is 1. The standard InChI is InChI=1S/C22H29NO4/c1-6-18(16-10-13-20(25-4)21(14-16)26-5)23-22(24)19(7-2)27-17-11-8-15(3)9-12-17/h8-14,18-19H,6-7H2,1-5H3,(H,23,24)/t18-,19-/m1/s1. The minimum absolute atomic E-state index is 0.125. The van der Waals surface area contributed by atoms with Gasteiger partial charge in [-0.1, -0.05) is 37.6 Å². The van der Waals surface area contributed by atoms with Gasteiger partial charge >= 0.3 is 0 Å². The fourth-order valence-electron chi connectivity index (χ4n) is 2.86. The molecular weight excluding hydrogens is 342 g/mol. The van der Waals surface area contributed by atoms with Crippen LogP contribution in [0.2, 0.25) is 0 Å². The maximum absolute atomic E-state index is 12.8. The van der Waals surface area contributed by atoms with E-state index in [0.717, 1.165) is 17.5 Å². The second-order valence-electron chi connectivity index (χ2n) is 6.41. The summed E-state index contributed by atoms with van der Waals surface area (Å²) in [6.07, 6.45) is 0.798. The Bertz CT molecular complexity index is 742. The number of amides is 1. The van der Waals surface area contributed by atoms with Gasteiger partial charge in [-0.05, 0) is 49.6 Å². The summed E-state index contributed by atoms with van der Waals surface area (Å²) in [6, 6.07) is 13.3. The Hall–Kier alpha value is -2.69. The number of hydrogen-bond acceptors (Lipinski definition) is 4. The summed E-state index contributed by atoms with van der Waals surface area (Å²) < 4.78 is 16.5. The highest BCUT2D eigenvalue weighted by Crippen LogP contribution is 2.31. The molecule has 0 fully saturated rings. The molecule has 2 aromatic carbocycles. The van der Waals surface area contributed by atoms with E-state index >= 15 is 0 Å². The lowest BCUT2D eigenvalue weighted by atomic mass is 10.0. The summed E-state index contributed by atoms with van der Waals surface area (Å²) in [5.41, 5.74) is 2.12. The van der Waals surface area contributed by atoms with Crippen LogP contribution in [0, 0.1) is 6.92 Å². The Kier molecular flexibility index (Phi) is 7.53. The number of benzene rings is 2. The van der Waals surface area contributed by atoms with Gasteiger partial charge in [-0.25, -0.2) is 0 Å². The fourth-order valence-corrected chi connectivity index (χ4v) is 2.86. The van der Waals surface area contributed by atoms with E-state index in [0.29, 0.717) is 23.7 Å². The van der Waals surface area contributed by atoms with Gasteiger partial charge in [0.1, 0.15) is 5.75 Å². The molecular formula is C22H29NO4. The van der Waals surface area contributed by atoms with Crippen LogP contribution in [-0.2, 0) is 4.79 Å². The molecule has 0 aliphatic carbocycles. The molecule has 0 aliphatic heterocycles. The van der Waals surface area contributed by atoms with Crippen molar-refractivity contribution in [3.8, 4) is 17.2 Å². The quantitative estimate of drug-likeness (QED) is 0.708. The maximum atomic E-state index is 12.8. The van der Waals surface area contributed by atoms with Gasteiger partial charge in [0, 0.05) is 0 Å². The Balaban J connectivity index is 2.11. The molecule has 0 radical (unpaired) electrons. The zero-order valence-electron chi connectivity index (χ0n) is 16.7. The molecule has 1 N–H and O–H groups in total. The molecule has 0 saturated heterocycles. The van der Waals surface area contributed by atoms with Gasteiger partial charge in [-0.15, -0.1) is 0 Å². The molecule has 0 aliphatic rings. The normalized spacial score (nSPS) is 12.8. The van der Waals surface area contributed by atoms with E-state index in [9.17, 15) is 4.79 Å². The van der Waals surface area contributed by atoms with Crippen LogP contribution in [0.5, 0.6) is 17.2 Å². The Labute approximate surface area is 161 Å². The fraction of sp³-hybridized carbons (Fsp3) is 0.409. The number of carbonyl (C=O) groups excluding carboxylic acids is 1. The molecule has 0 unspecified atom stereocenters. The van der Waals surface area contributed by atoms with Crippen molar-refractivity contribution in [2.45, 2.75) is 45.8 Å². The molecule has 0 spiro atoms. The lowest BCUT2D eigenvalue weighted by molar-refractivity contribution is -0.128. The maximum Gasteiger partial charge on any atom is 0.261 e. The minimum atomic E-state index is -0.540. The van der Waals surface area contributed by atoms with Gasteiger partial charge in [-0.2, -0.15) is 0 Å². The second kappa shape index (κ2) is 9.86. The number of rotatable bonds is 9. The third-order valence-electron chi connectivity index (χ3n) is 4.50. The molecule has 0 bridgehead atoms. The summed E-state index contributed by atoms with van der Waals surface area (Å²) in [5, 5.41) is 3.09. The van der Waals surface area contributed by atoms with E-state index in [2.05, 4.69) is 5.32 Å². The average molecular weight is 371 g/mol. The summed E-state index contributed by atoms with van der Waals surface area (Å²) in [6.45, 7) is 5.99. The van der Waals surface area contributed by atoms with E-state index in [1.165, 1.54) is 0 Å². The van der Waals surface area contributed by atoms with Gasteiger partial charge in [0.25, 0.3) is 5.91 Å². The number of nitrogens with one attached hydrogen (secondary N) is 1. The first-order valence-corrected chi connectivity index (χ1v) is 9.27. The van der Waals surface area contributed by atoms with Crippen LogP contribution >= 0.6 is 0 Å². The van der Waals surface area contributed by atoms with E-state index in [4.69, 9.17) is 14.2 Å². The zero-order chi connectivity index (χ0) is 19.8. The predicted octanol–water partition coefficient (Wildman–Crippen LogP) is 4.44. The van der Waals surface area contributed by atoms with E-state index in [-0.39, 0.29) is 11.9 Å². The molecule has 2 rings (SSSR count). The number of ether oxygens (including phenoxy) is 3. The van der Waals surface area contributed by atoms with Gasteiger partial charge in [0.05, 0.1) is 20.3 Å². The highest BCUT2D eigenvalue weighted by Gasteiger charge is 2.22. The highest BCUT2D eigenvalue weighted by molar-refractivity contribution is 5.81. The minimum Gasteiger partial charge on any atom is -0.493 e. The van der Waals surface area contributed by atoms with Crippen molar-refractivity contribution in [1.29, 1.82) is 0 Å². The van der Waals surface area contributed by atoms with Crippen molar-refractivity contribution in [3.05, 3.63) is 53.6 Å². The third kappa shape index (κ3) is 5.39. The Morgan fingerprint density at radius 1 is 0.963 bits per heavy atom. The molecule has 0 aromatic heterocycles. The van der Waals surface area contributed by atoms with E-state index in [1.54, 1.807) is 14.2 Å². The van der Waals surface area contributed by atoms with Crippen molar-refractivity contribution >= 4 is 5.91 Å². The molecule has 2 aromatic rings. The van der Waals surface area contributed by atoms with Crippen LogP contribution in [0.4, 0.5) is 0 Å². The number of methoxy groups -OCH3 is 2. The number of hydrogen-bond donors (Lipinski definition) is 1. The topological polar surface area (TPSA) is 56.8 Å². The SMILES string of the molecule is CC[C@@H](Oc1ccc(C)cc1)C(=O)N[C@H](CC)c1ccc(OC)c(OC)c1. The molecule has 27 heavy (non-hydrogen) atoms. The van der Waals surface area contributed by atoms with Crippen LogP contribution in [0.25, 0.3) is 0 Å². The van der Waals surface area contributed by atoms with Gasteiger partial charge < -0.3 is 19.5 Å². The van der Waals surface area contributed by atoms with Crippen LogP contribution in [0.3, 0.4) is 0 Å². The second-order valence-corrected chi connectivity index (χ2v) is 6.41. The molecule has 2 atom stereocenters. The summed E-state index contributed by atoms with van der Waals surface area (Å²) in [4.78, 5) is 12.8. The van der Waals surface area contributed by atoms with Gasteiger partial charge in [0.15, 0.2) is 17.6 Å². The molecule has 5 nitrogen and oxygen atoms in total. The lowest BCUT2D eigenvalue weighted by Gasteiger charge is -2.23. The molecule has 146 valence electrons. The highest BCUT2D eigenvalue weighted by atomic mass is 16.5. The summed E-state index contributed by atoms with van der Waals surface area (Å²) >= 11 is 0. The molecule has 5 heteroatoms. The van der Waals surface area contributed by atoms with Crippen molar-refractivity contribution in [2.24, 2.45) is 0 Å². The van der Waals surface area contributed by atoms with Crippen LogP contribution in [0.1, 0.15) is 43.9 Å². The van der Waals surface area contributed by atoms with E-state index < -0.39 is 6.10 Å². The first kappa shape index (κ1) is 20.6. The molecule has 0 heterocycles. The van der Waals surface area contributed by atoms with Crippen molar-refractivity contribution in [1.82, 2.24) is 5.32 Å². The predicted molar refractivity (Wildman–Crippen MR) is 107 cm³/mol.